The molecule has 33 heavy (non-hydrogen) atoms. The molecule has 2 aromatic carbocycles. The Kier molecular flexibility index (Phi) is 7.30. The molecule has 0 saturated carbocycles. The van der Waals surface area contributed by atoms with E-state index in [-0.39, 0.29) is 11.7 Å². The van der Waals surface area contributed by atoms with Gasteiger partial charge >= 0.3 is 0 Å². The third-order valence-corrected chi connectivity index (χ3v) is 6.41. The van der Waals surface area contributed by atoms with Gasteiger partial charge in [0.05, 0.1) is 19.3 Å². The van der Waals surface area contributed by atoms with Crippen LogP contribution in [0.5, 0.6) is 5.75 Å². The van der Waals surface area contributed by atoms with Gasteiger partial charge in [0.2, 0.25) is 0 Å². The first-order valence-electron chi connectivity index (χ1n) is 11.5. The number of pyridine rings is 1. The summed E-state index contributed by atoms with van der Waals surface area (Å²) in [5.41, 5.74) is 4.68. The first-order chi connectivity index (χ1) is 15.9. The van der Waals surface area contributed by atoms with Crippen molar-refractivity contribution in [2.24, 2.45) is 0 Å². The number of aryl methyl sites for hydroxylation is 2. The van der Waals surface area contributed by atoms with E-state index in [4.69, 9.17) is 21.7 Å². The number of aromatic nitrogens is 1. The average Bonchev–Trinajstić information content (AvgIpc) is 3.30. The van der Waals surface area contributed by atoms with Crippen molar-refractivity contribution in [2.75, 3.05) is 25.1 Å². The van der Waals surface area contributed by atoms with Gasteiger partial charge in [-0.15, -0.1) is 0 Å². The Balaban J connectivity index is 1.57. The molecule has 0 aliphatic carbocycles. The Bertz CT molecular complexity index is 1180. The van der Waals surface area contributed by atoms with E-state index in [2.05, 4.69) is 30.2 Å². The molecule has 1 saturated heterocycles. The van der Waals surface area contributed by atoms with Gasteiger partial charge in [-0.2, -0.15) is 0 Å². The van der Waals surface area contributed by atoms with Crippen LogP contribution < -0.4 is 15.6 Å². The molecule has 174 valence electrons. The maximum Gasteiger partial charge on any atom is 0.253 e. The second kappa shape index (κ2) is 10.4. The summed E-state index contributed by atoms with van der Waals surface area (Å²) in [5.74, 6) is 0.818. The normalized spacial score (nSPS) is 15.5. The second-order valence-corrected chi connectivity index (χ2v) is 8.94. The van der Waals surface area contributed by atoms with Crippen LogP contribution in [0.3, 0.4) is 0 Å². The molecule has 0 amide bonds. The van der Waals surface area contributed by atoms with Crippen LogP contribution in [0.25, 0.3) is 10.9 Å². The fourth-order valence-corrected chi connectivity index (χ4v) is 4.36. The molecule has 1 aromatic heterocycles. The minimum Gasteiger partial charge on any atom is -0.494 e. The number of rotatable bonds is 7. The number of nitrogens with one attached hydrogen (secondary N) is 2. The molecule has 1 fully saturated rings. The van der Waals surface area contributed by atoms with Crippen molar-refractivity contribution in [3.05, 3.63) is 69.5 Å². The summed E-state index contributed by atoms with van der Waals surface area (Å²) in [5, 5.41) is 4.90. The van der Waals surface area contributed by atoms with E-state index in [1.165, 1.54) is 5.56 Å². The van der Waals surface area contributed by atoms with Crippen molar-refractivity contribution < 1.29 is 9.47 Å². The van der Waals surface area contributed by atoms with Crippen molar-refractivity contribution in [3.8, 4) is 5.75 Å². The smallest absolute Gasteiger partial charge is 0.253 e. The van der Waals surface area contributed by atoms with Crippen molar-refractivity contribution in [2.45, 2.75) is 46.3 Å². The molecular formula is C26H31N3O3S. The lowest BCUT2D eigenvalue weighted by Crippen LogP contribution is -2.40. The van der Waals surface area contributed by atoms with Gasteiger partial charge in [-0.25, -0.2) is 0 Å². The standard InChI is InChI=1S/C26H31N3O3S/c1-4-31-22-9-7-21(8-10-22)27-26(33)29(16-23-6-5-11-32-23)15-20-14-19-12-17(2)18(3)13-24(19)28-25(20)30/h7-10,12-14,23H,4-6,11,15-16H2,1-3H3,(H,27,33)(H,28,30)/t23-/m1/s1. The lowest BCUT2D eigenvalue weighted by atomic mass is 10.0. The van der Waals surface area contributed by atoms with Crippen LogP contribution in [0, 0.1) is 13.8 Å². The topological polar surface area (TPSA) is 66.6 Å². The quantitative estimate of drug-likeness (QED) is 0.483. The highest BCUT2D eigenvalue weighted by atomic mass is 32.1. The maximum atomic E-state index is 12.9. The number of nitrogens with zero attached hydrogens (tertiary/aromatic N) is 1. The molecule has 1 aliphatic rings. The zero-order valence-electron chi connectivity index (χ0n) is 19.4. The predicted molar refractivity (Wildman–Crippen MR) is 137 cm³/mol. The van der Waals surface area contributed by atoms with Gasteiger partial charge < -0.3 is 24.7 Å². The van der Waals surface area contributed by atoms with E-state index in [0.29, 0.717) is 30.4 Å². The Morgan fingerprint density at radius 2 is 1.97 bits per heavy atom. The van der Waals surface area contributed by atoms with Gasteiger partial charge in [0.1, 0.15) is 5.75 Å². The number of ether oxygens (including phenoxy) is 2. The van der Waals surface area contributed by atoms with E-state index in [9.17, 15) is 4.79 Å². The van der Waals surface area contributed by atoms with E-state index in [0.717, 1.165) is 47.4 Å². The van der Waals surface area contributed by atoms with Crippen LogP contribution in [0.15, 0.2) is 47.3 Å². The van der Waals surface area contributed by atoms with Gasteiger partial charge in [0.25, 0.3) is 5.56 Å². The van der Waals surface area contributed by atoms with Crippen molar-refractivity contribution >= 4 is 33.9 Å². The molecule has 0 unspecified atom stereocenters. The first-order valence-corrected chi connectivity index (χ1v) is 11.9. The van der Waals surface area contributed by atoms with Crippen molar-refractivity contribution in [1.29, 1.82) is 0 Å². The summed E-state index contributed by atoms with van der Waals surface area (Å²) in [4.78, 5) is 18.0. The molecule has 2 heterocycles. The van der Waals surface area contributed by atoms with Crippen LogP contribution in [0.2, 0.25) is 0 Å². The van der Waals surface area contributed by atoms with Gasteiger partial charge in [0, 0.05) is 29.9 Å². The molecule has 0 bridgehead atoms. The zero-order chi connectivity index (χ0) is 23.4. The van der Waals surface area contributed by atoms with Gasteiger partial charge in [-0.3, -0.25) is 4.79 Å². The summed E-state index contributed by atoms with van der Waals surface area (Å²) >= 11 is 5.77. The molecular weight excluding hydrogens is 434 g/mol. The SMILES string of the molecule is CCOc1ccc(NC(=S)N(Cc2cc3cc(C)c(C)cc3[nH]c2=O)C[C@H]2CCCO2)cc1. The van der Waals surface area contributed by atoms with Gasteiger partial charge in [0.15, 0.2) is 5.11 Å². The minimum absolute atomic E-state index is 0.0908. The van der Waals surface area contributed by atoms with E-state index >= 15 is 0 Å². The third kappa shape index (κ3) is 5.72. The van der Waals surface area contributed by atoms with E-state index in [1.807, 2.05) is 48.2 Å². The molecule has 0 radical (unpaired) electrons. The molecule has 4 rings (SSSR count). The van der Waals surface area contributed by atoms with Crippen LogP contribution in [-0.2, 0) is 11.3 Å². The Hall–Kier alpha value is -2.90. The molecule has 2 N–H and O–H groups in total. The largest absolute Gasteiger partial charge is 0.494 e. The average molecular weight is 466 g/mol. The Labute approximate surface area is 199 Å². The molecule has 7 heteroatoms. The summed E-state index contributed by atoms with van der Waals surface area (Å²) < 4.78 is 11.4. The fourth-order valence-electron chi connectivity index (χ4n) is 4.10. The maximum absolute atomic E-state index is 12.9. The summed E-state index contributed by atoms with van der Waals surface area (Å²) in [7, 11) is 0. The van der Waals surface area contributed by atoms with Crippen LogP contribution in [0.4, 0.5) is 5.69 Å². The Morgan fingerprint density at radius 3 is 2.67 bits per heavy atom. The number of anilines is 1. The van der Waals surface area contributed by atoms with E-state index < -0.39 is 0 Å². The van der Waals surface area contributed by atoms with Crippen molar-refractivity contribution in [1.82, 2.24) is 9.88 Å². The van der Waals surface area contributed by atoms with E-state index in [1.54, 1.807) is 0 Å². The summed E-state index contributed by atoms with van der Waals surface area (Å²) in [6.07, 6.45) is 2.15. The number of aromatic amines is 1. The minimum atomic E-state index is -0.0908. The van der Waals surface area contributed by atoms with Gasteiger partial charge in [-0.05, 0) is 105 Å². The van der Waals surface area contributed by atoms with Crippen LogP contribution >= 0.6 is 12.2 Å². The molecule has 0 spiro atoms. The number of benzene rings is 2. The monoisotopic (exact) mass is 465 g/mol. The molecule has 3 aromatic rings. The number of hydrogen-bond donors (Lipinski definition) is 2. The van der Waals surface area contributed by atoms with Crippen LogP contribution in [0.1, 0.15) is 36.5 Å². The lowest BCUT2D eigenvalue weighted by Gasteiger charge is -2.28. The highest BCUT2D eigenvalue weighted by Gasteiger charge is 2.22. The lowest BCUT2D eigenvalue weighted by molar-refractivity contribution is 0.0904. The number of thiocarbonyl (C=S) groups is 1. The predicted octanol–water partition coefficient (Wildman–Crippen LogP) is 4.92. The zero-order valence-corrected chi connectivity index (χ0v) is 20.3. The second-order valence-electron chi connectivity index (χ2n) is 8.55. The van der Waals surface area contributed by atoms with Crippen LogP contribution in [-0.4, -0.2) is 40.9 Å². The van der Waals surface area contributed by atoms with Gasteiger partial charge in [-0.1, -0.05) is 0 Å². The summed E-state index contributed by atoms with van der Waals surface area (Å²) in [6.45, 7) is 8.52. The highest BCUT2D eigenvalue weighted by Crippen LogP contribution is 2.21. The first kappa shape index (κ1) is 23.3. The Morgan fingerprint density at radius 1 is 1.21 bits per heavy atom. The molecule has 1 aliphatic heterocycles. The van der Waals surface area contributed by atoms with Crippen molar-refractivity contribution in [3.63, 3.8) is 0 Å². The number of hydrogen-bond acceptors (Lipinski definition) is 4. The number of H-pyrrole nitrogens is 1. The fraction of sp³-hybridized carbons (Fsp3) is 0.385. The molecule has 1 atom stereocenters. The highest BCUT2D eigenvalue weighted by molar-refractivity contribution is 7.80. The molecule has 6 nitrogen and oxygen atoms in total. The number of fused-ring (bicyclic) bond motifs is 1. The third-order valence-electron chi connectivity index (χ3n) is 6.05. The summed E-state index contributed by atoms with van der Waals surface area (Å²) in [6, 6.07) is 13.8.